The molecule has 1 aliphatic rings. The number of hydrogen-bond acceptors (Lipinski definition) is 0. The molecule has 0 saturated carbocycles. The van der Waals surface area contributed by atoms with E-state index in [0.717, 1.165) is 23.4 Å². The van der Waals surface area contributed by atoms with Crippen LogP contribution in [0.15, 0.2) is 200 Å². The van der Waals surface area contributed by atoms with E-state index >= 15 is 0 Å². The van der Waals surface area contributed by atoms with Gasteiger partial charge in [-0.15, -0.1) is 0 Å². The van der Waals surface area contributed by atoms with E-state index in [0.29, 0.717) is 0 Å². The highest BCUT2D eigenvalue weighted by molar-refractivity contribution is 6.10. The van der Waals surface area contributed by atoms with Crippen molar-refractivity contribution in [3.8, 4) is 11.4 Å². The summed E-state index contributed by atoms with van der Waals surface area (Å²) in [6, 6.07) is 53.2. The van der Waals surface area contributed by atoms with Crippen LogP contribution in [0.5, 0.6) is 0 Å². The Kier molecular flexibility index (Phi) is 7.71. The van der Waals surface area contributed by atoms with Crippen molar-refractivity contribution in [1.29, 1.82) is 0 Å². The van der Waals surface area contributed by atoms with Crippen molar-refractivity contribution < 1.29 is 0 Å². The molecule has 0 amide bonds. The third-order valence-corrected chi connectivity index (χ3v) is 10.3. The van der Waals surface area contributed by atoms with Gasteiger partial charge in [0.15, 0.2) is 0 Å². The number of rotatable bonds is 7. The van der Waals surface area contributed by atoms with Gasteiger partial charge in [-0.25, -0.2) is 0 Å². The number of allylic oxidation sites excluding steroid dienone is 9. The van der Waals surface area contributed by atoms with Crippen molar-refractivity contribution in [2.24, 2.45) is 0 Å². The Morgan fingerprint density at radius 3 is 1.55 bits per heavy atom. The minimum absolute atomic E-state index is 0.230. The van der Waals surface area contributed by atoms with Gasteiger partial charge in [0.05, 0.1) is 22.1 Å². The van der Waals surface area contributed by atoms with Crippen molar-refractivity contribution in [2.45, 2.75) is 19.3 Å². The van der Waals surface area contributed by atoms with E-state index in [4.69, 9.17) is 0 Å². The molecule has 0 fully saturated rings. The third-order valence-electron chi connectivity index (χ3n) is 10.3. The van der Waals surface area contributed by atoms with Crippen molar-refractivity contribution >= 4 is 49.2 Å². The second-order valence-corrected chi connectivity index (χ2v) is 13.3. The standard InChI is InChI=1S/C49H38N2/c1-3-16-34(17-4-2)36-28-37(35-18-6-5-7-19-35)30-38(29-36)39-31-40(50-46-24-12-8-20-42(46)43-21-9-13-25-47(43)50)33-41(32-39)51-48-26-14-10-22-44(48)45-23-11-15-27-49(45)51/h3-29,31-33,37H,1,30H2,2H3/b17-4-,34-16+. The van der Waals surface area contributed by atoms with Crippen LogP contribution < -0.4 is 0 Å². The zero-order valence-electron chi connectivity index (χ0n) is 28.7. The van der Waals surface area contributed by atoms with E-state index in [1.54, 1.807) is 0 Å². The van der Waals surface area contributed by atoms with Gasteiger partial charge in [-0.1, -0.05) is 146 Å². The average molecular weight is 655 g/mol. The van der Waals surface area contributed by atoms with Crippen molar-refractivity contribution in [1.82, 2.24) is 9.13 Å². The molecule has 0 aliphatic heterocycles. The summed E-state index contributed by atoms with van der Waals surface area (Å²) in [5.41, 5.74) is 13.3. The molecule has 0 spiro atoms. The van der Waals surface area contributed by atoms with E-state index in [-0.39, 0.29) is 5.92 Å². The predicted octanol–water partition coefficient (Wildman–Crippen LogP) is 13.1. The Morgan fingerprint density at radius 1 is 0.608 bits per heavy atom. The van der Waals surface area contributed by atoms with E-state index in [1.807, 2.05) is 6.08 Å². The first kappa shape index (κ1) is 30.7. The van der Waals surface area contributed by atoms with Gasteiger partial charge in [0.1, 0.15) is 0 Å². The highest BCUT2D eigenvalue weighted by atomic mass is 15.0. The summed E-state index contributed by atoms with van der Waals surface area (Å²) in [6.07, 6.45) is 14.0. The molecule has 2 heteroatoms. The van der Waals surface area contributed by atoms with Crippen LogP contribution in [0.4, 0.5) is 0 Å². The minimum atomic E-state index is 0.230. The summed E-state index contributed by atoms with van der Waals surface area (Å²) in [6.45, 7) is 6.12. The number of fused-ring (bicyclic) bond motifs is 6. The monoisotopic (exact) mass is 654 g/mol. The summed E-state index contributed by atoms with van der Waals surface area (Å²) in [5, 5.41) is 5.03. The number of para-hydroxylation sites is 4. The lowest BCUT2D eigenvalue weighted by Crippen LogP contribution is -2.07. The molecule has 51 heavy (non-hydrogen) atoms. The molecule has 0 bridgehead atoms. The van der Waals surface area contributed by atoms with Gasteiger partial charge in [-0.2, -0.15) is 0 Å². The molecular weight excluding hydrogens is 617 g/mol. The molecule has 1 atom stereocenters. The quantitative estimate of drug-likeness (QED) is 0.151. The first-order chi connectivity index (χ1) is 25.2. The van der Waals surface area contributed by atoms with Gasteiger partial charge < -0.3 is 9.13 Å². The molecule has 0 radical (unpaired) electrons. The van der Waals surface area contributed by atoms with E-state index < -0.39 is 0 Å². The van der Waals surface area contributed by atoms with Crippen LogP contribution in [0.25, 0.3) is 60.6 Å². The van der Waals surface area contributed by atoms with Crippen LogP contribution >= 0.6 is 0 Å². The van der Waals surface area contributed by atoms with Gasteiger partial charge in [-0.3, -0.25) is 0 Å². The summed E-state index contributed by atoms with van der Waals surface area (Å²) in [4.78, 5) is 0. The van der Waals surface area contributed by atoms with Crippen LogP contribution in [0.2, 0.25) is 0 Å². The van der Waals surface area contributed by atoms with Gasteiger partial charge in [0.25, 0.3) is 0 Å². The topological polar surface area (TPSA) is 9.86 Å². The molecule has 2 heterocycles. The van der Waals surface area contributed by atoms with Crippen LogP contribution in [-0.2, 0) is 0 Å². The van der Waals surface area contributed by atoms with Crippen LogP contribution in [0, 0.1) is 0 Å². The van der Waals surface area contributed by atoms with Gasteiger partial charge in [0, 0.05) is 38.8 Å². The SMILES string of the molecule is C=C/C=C(\C=C/C)C1=CC(c2ccccc2)CC(c2cc(-n3c4ccccc4c4ccccc43)cc(-n3c4ccccc4c4ccccc43)c2)=C1. The average Bonchev–Trinajstić information content (AvgIpc) is 3.71. The number of hydrogen-bond donors (Lipinski definition) is 0. The third kappa shape index (κ3) is 5.28. The Bertz CT molecular complexity index is 2500. The summed E-state index contributed by atoms with van der Waals surface area (Å²) < 4.78 is 4.90. The molecule has 2 aromatic heterocycles. The normalized spacial score (nSPS) is 15.2. The Morgan fingerprint density at radius 2 is 1.08 bits per heavy atom. The smallest absolute Gasteiger partial charge is 0.0541 e. The van der Waals surface area contributed by atoms with Crippen molar-refractivity contribution in [3.05, 3.63) is 211 Å². The minimum Gasteiger partial charge on any atom is -0.309 e. The first-order valence-corrected chi connectivity index (χ1v) is 17.8. The number of nitrogens with zero attached hydrogens (tertiary/aromatic N) is 2. The second-order valence-electron chi connectivity index (χ2n) is 13.3. The Hall–Kier alpha value is -6.38. The second kappa shape index (κ2) is 12.8. The number of benzene rings is 6. The lowest BCUT2D eigenvalue weighted by molar-refractivity contribution is 0.859. The summed E-state index contributed by atoms with van der Waals surface area (Å²) in [5.74, 6) is 0.230. The maximum Gasteiger partial charge on any atom is 0.0541 e. The first-order valence-electron chi connectivity index (χ1n) is 17.8. The van der Waals surface area contributed by atoms with Gasteiger partial charge >= 0.3 is 0 Å². The molecule has 1 aliphatic carbocycles. The zero-order chi connectivity index (χ0) is 34.3. The fraction of sp³-hybridized carbons (Fsp3) is 0.0612. The highest BCUT2D eigenvalue weighted by Crippen LogP contribution is 2.41. The summed E-state index contributed by atoms with van der Waals surface area (Å²) in [7, 11) is 0. The predicted molar refractivity (Wildman–Crippen MR) is 218 cm³/mol. The fourth-order valence-corrected chi connectivity index (χ4v) is 8.10. The zero-order valence-corrected chi connectivity index (χ0v) is 28.7. The Balaban J connectivity index is 1.35. The largest absolute Gasteiger partial charge is 0.309 e. The maximum absolute atomic E-state index is 4.05. The van der Waals surface area contributed by atoms with Crippen molar-refractivity contribution in [2.75, 3.05) is 0 Å². The molecule has 244 valence electrons. The van der Waals surface area contributed by atoms with Gasteiger partial charge in [0.2, 0.25) is 0 Å². The Labute approximate surface area is 298 Å². The fourth-order valence-electron chi connectivity index (χ4n) is 8.10. The molecule has 6 aromatic carbocycles. The maximum atomic E-state index is 4.05. The van der Waals surface area contributed by atoms with Crippen molar-refractivity contribution in [3.63, 3.8) is 0 Å². The summed E-state index contributed by atoms with van der Waals surface area (Å²) >= 11 is 0. The van der Waals surface area contributed by atoms with E-state index in [1.165, 1.54) is 65.9 Å². The molecule has 0 N–H and O–H groups in total. The van der Waals surface area contributed by atoms with Crippen LogP contribution in [0.3, 0.4) is 0 Å². The molecule has 2 nitrogen and oxygen atoms in total. The molecular formula is C49H38N2. The van der Waals surface area contributed by atoms with Gasteiger partial charge in [-0.05, 0) is 83.7 Å². The molecule has 8 aromatic rings. The van der Waals surface area contributed by atoms with Crippen LogP contribution in [0.1, 0.15) is 30.4 Å². The van der Waals surface area contributed by atoms with E-state index in [9.17, 15) is 0 Å². The highest BCUT2D eigenvalue weighted by Gasteiger charge is 2.22. The number of aromatic nitrogens is 2. The molecule has 9 rings (SSSR count). The van der Waals surface area contributed by atoms with E-state index in [2.05, 4.69) is 199 Å². The lowest BCUT2D eigenvalue weighted by Gasteiger charge is -2.25. The molecule has 0 saturated heterocycles. The van der Waals surface area contributed by atoms with Crippen LogP contribution in [-0.4, -0.2) is 9.13 Å². The lowest BCUT2D eigenvalue weighted by atomic mass is 9.81. The molecule has 1 unspecified atom stereocenters.